The van der Waals surface area contributed by atoms with Crippen molar-refractivity contribution in [2.24, 2.45) is 5.92 Å². The van der Waals surface area contributed by atoms with E-state index in [9.17, 15) is 18.0 Å². The number of carbonyl (C=O) groups is 1. The maximum Gasteiger partial charge on any atom is 0.410 e. The first-order chi connectivity index (χ1) is 17.4. The Labute approximate surface area is 213 Å². The maximum atomic E-state index is 14.4. The predicted octanol–water partition coefficient (Wildman–Crippen LogP) is 6.16. The van der Waals surface area contributed by atoms with Crippen LogP contribution in [-0.4, -0.2) is 47.8 Å². The number of fused-ring (bicyclic) bond motifs is 3. The fourth-order valence-electron chi connectivity index (χ4n) is 5.56. The molecule has 3 saturated heterocycles. The summed E-state index contributed by atoms with van der Waals surface area (Å²) < 4.78 is 48.7. The summed E-state index contributed by atoms with van der Waals surface area (Å²) >= 11 is 1.49. The Balaban J connectivity index is 1.29. The third kappa shape index (κ3) is 5.60. The molecular formula is C28H30F3N2O2S+. The highest BCUT2D eigenvalue weighted by atomic mass is 32.1. The van der Waals surface area contributed by atoms with Crippen LogP contribution in [0.3, 0.4) is 0 Å². The molecule has 1 atom stereocenters. The molecule has 3 aliphatic heterocycles. The Hall–Kier alpha value is -2.84. The second-order valence-corrected chi connectivity index (χ2v) is 10.8. The molecule has 2 bridgehead atoms. The van der Waals surface area contributed by atoms with Gasteiger partial charge < -0.3 is 9.22 Å². The first-order valence-corrected chi connectivity index (χ1v) is 13.3. The van der Waals surface area contributed by atoms with Gasteiger partial charge in [-0.15, -0.1) is 0 Å². The number of nitrogens with zero attached hydrogens (tertiary/aromatic N) is 2. The quantitative estimate of drug-likeness (QED) is 0.266. The van der Waals surface area contributed by atoms with Gasteiger partial charge in [-0.25, -0.2) is 18.0 Å². The number of halogens is 3. The molecule has 2 aromatic carbocycles. The SMILES string of the molecule is O=C(O[C@H]1C[N+]2(CCc3ccccc3)CCC1CC2)N(Cc1ccsc1)Cc1cc(F)c(F)cc1F. The maximum absolute atomic E-state index is 14.4. The van der Waals surface area contributed by atoms with E-state index in [1.807, 2.05) is 22.9 Å². The highest BCUT2D eigenvalue weighted by Crippen LogP contribution is 2.36. The monoisotopic (exact) mass is 515 g/mol. The minimum Gasteiger partial charge on any atom is -0.440 e. The van der Waals surface area contributed by atoms with Gasteiger partial charge in [-0.1, -0.05) is 30.3 Å². The van der Waals surface area contributed by atoms with Gasteiger partial charge in [0, 0.05) is 36.8 Å². The van der Waals surface area contributed by atoms with Gasteiger partial charge in [-0.05, 0) is 34.0 Å². The summed E-state index contributed by atoms with van der Waals surface area (Å²) in [6, 6.07) is 13.6. The van der Waals surface area contributed by atoms with Crippen LogP contribution in [0.1, 0.15) is 29.5 Å². The van der Waals surface area contributed by atoms with Crippen LogP contribution in [-0.2, 0) is 24.2 Å². The van der Waals surface area contributed by atoms with Crippen LogP contribution in [0.4, 0.5) is 18.0 Å². The number of benzene rings is 2. The van der Waals surface area contributed by atoms with Gasteiger partial charge >= 0.3 is 6.09 Å². The number of quaternary nitrogens is 1. The molecular weight excluding hydrogens is 485 g/mol. The van der Waals surface area contributed by atoms with E-state index in [-0.39, 0.29) is 24.8 Å². The minimum absolute atomic E-state index is 0.0821. The Kier molecular flexibility index (Phi) is 7.34. The molecule has 0 radical (unpaired) electrons. The minimum atomic E-state index is -1.25. The van der Waals surface area contributed by atoms with Crippen molar-refractivity contribution in [1.29, 1.82) is 0 Å². The topological polar surface area (TPSA) is 29.5 Å². The summed E-state index contributed by atoms with van der Waals surface area (Å²) in [4.78, 5) is 14.8. The molecule has 0 unspecified atom stereocenters. The molecule has 4 nitrogen and oxygen atoms in total. The molecule has 6 rings (SSSR count). The number of piperidine rings is 3. The number of thiophene rings is 1. The van der Waals surface area contributed by atoms with Gasteiger partial charge in [0.2, 0.25) is 0 Å². The number of ether oxygens (including phenoxy) is 1. The Morgan fingerprint density at radius 1 is 0.972 bits per heavy atom. The van der Waals surface area contributed by atoms with Crippen LogP contribution >= 0.6 is 11.3 Å². The van der Waals surface area contributed by atoms with E-state index >= 15 is 0 Å². The molecule has 190 valence electrons. The number of hydrogen-bond donors (Lipinski definition) is 0. The third-order valence-electron chi connectivity index (χ3n) is 7.67. The predicted molar refractivity (Wildman–Crippen MR) is 133 cm³/mol. The van der Waals surface area contributed by atoms with E-state index in [1.165, 1.54) is 21.8 Å². The van der Waals surface area contributed by atoms with E-state index in [0.29, 0.717) is 12.0 Å². The summed E-state index contributed by atoms with van der Waals surface area (Å²) in [6.45, 7) is 3.95. The van der Waals surface area contributed by atoms with Gasteiger partial charge in [0.25, 0.3) is 0 Å². The van der Waals surface area contributed by atoms with Crippen molar-refractivity contribution < 1.29 is 27.2 Å². The molecule has 0 aliphatic carbocycles. The van der Waals surface area contributed by atoms with E-state index in [2.05, 4.69) is 24.3 Å². The molecule has 1 aromatic heterocycles. The van der Waals surface area contributed by atoms with Crippen molar-refractivity contribution in [1.82, 2.24) is 4.90 Å². The van der Waals surface area contributed by atoms with Crippen molar-refractivity contribution in [3.8, 4) is 0 Å². The molecule has 0 spiro atoms. The highest BCUT2D eigenvalue weighted by molar-refractivity contribution is 7.07. The smallest absolute Gasteiger partial charge is 0.410 e. The lowest BCUT2D eigenvalue weighted by Crippen LogP contribution is -2.65. The van der Waals surface area contributed by atoms with Crippen LogP contribution in [0, 0.1) is 23.4 Å². The molecule has 3 fully saturated rings. The summed E-state index contributed by atoms with van der Waals surface area (Å²) in [6.07, 6.45) is 2.23. The zero-order chi connectivity index (χ0) is 25.1. The van der Waals surface area contributed by atoms with E-state index in [0.717, 1.165) is 61.6 Å². The first kappa shape index (κ1) is 24.8. The molecule has 3 aromatic rings. The number of hydrogen-bond acceptors (Lipinski definition) is 3. The van der Waals surface area contributed by atoms with Crippen LogP contribution in [0.5, 0.6) is 0 Å². The van der Waals surface area contributed by atoms with Crippen molar-refractivity contribution in [3.63, 3.8) is 0 Å². The molecule has 36 heavy (non-hydrogen) atoms. The van der Waals surface area contributed by atoms with Gasteiger partial charge in [0.1, 0.15) is 12.4 Å². The number of rotatable bonds is 8. The van der Waals surface area contributed by atoms with Gasteiger partial charge in [-0.2, -0.15) is 11.3 Å². The largest absolute Gasteiger partial charge is 0.440 e. The van der Waals surface area contributed by atoms with Crippen molar-refractivity contribution >= 4 is 17.4 Å². The van der Waals surface area contributed by atoms with Crippen molar-refractivity contribution in [2.75, 3.05) is 26.2 Å². The van der Waals surface area contributed by atoms with Gasteiger partial charge in [0.05, 0.1) is 32.7 Å². The van der Waals surface area contributed by atoms with Gasteiger partial charge in [-0.3, -0.25) is 4.90 Å². The van der Waals surface area contributed by atoms with E-state index < -0.39 is 23.5 Å². The lowest BCUT2D eigenvalue weighted by molar-refractivity contribution is -0.946. The fourth-order valence-corrected chi connectivity index (χ4v) is 6.22. The summed E-state index contributed by atoms with van der Waals surface area (Å²) in [5, 5.41) is 3.80. The van der Waals surface area contributed by atoms with Gasteiger partial charge in [0.15, 0.2) is 17.7 Å². The number of amides is 1. The zero-order valence-electron chi connectivity index (χ0n) is 20.0. The fraction of sp³-hybridized carbons (Fsp3) is 0.393. The molecule has 1 amide bonds. The highest BCUT2D eigenvalue weighted by Gasteiger charge is 2.47. The molecule has 4 heterocycles. The zero-order valence-corrected chi connectivity index (χ0v) is 20.9. The normalized spacial score (nSPS) is 23.0. The van der Waals surface area contributed by atoms with Crippen molar-refractivity contribution in [3.05, 3.63) is 93.4 Å². The first-order valence-electron chi connectivity index (χ1n) is 12.4. The lowest BCUT2D eigenvalue weighted by Gasteiger charge is -2.52. The van der Waals surface area contributed by atoms with Crippen LogP contribution < -0.4 is 0 Å². The van der Waals surface area contributed by atoms with Crippen molar-refractivity contribution in [2.45, 2.75) is 38.5 Å². The summed E-state index contributed by atoms with van der Waals surface area (Å²) in [5.41, 5.74) is 2.10. The average Bonchev–Trinajstić information content (AvgIpc) is 3.40. The lowest BCUT2D eigenvalue weighted by atomic mass is 9.83. The van der Waals surface area contributed by atoms with Crippen LogP contribution in [0.25, 0.3) is 0 Å². The second kappa shape index (κ2) is 10.6. The Morgan fingerprint density at radius 3 is 2.44 bits per heavy atom. The third-order valence-corrected chi connectivity index (χ3v) is 8.41. The molecule has 8 heteroatoms. The Morgan fingerprint density at radius 2 is 1.72 bits per heavy atom. The Bertz CT molecular complexity index is 1180. The number of carbonyl (C=O) groups excluding carboxylic acids is 1. The van der Waals surface area contributed by atoms with Crippen LogP contribution in [0.15, 0.2) is 59.3 Å². The van der Waals surface area contributed by atoms with Crippen LogP contribution in [0.2, 0.25) is 0 Å². The molecule has 3 aliphatic rings. The summed E-state index contributed by atoms with van der Waals surface area (Å²) in [5.74, 6) is -2.96. The second-order valence-electron chi connectivity index (χ2n) is 10.0. The molecule has 0 saturated carbocycles. The average molecular weight is 516 g/mol. The summed E-state index contributed by atoms with van der Waals surface area (Å²) in [7, 11) is 0. The van der Waals surface area contributed by atoms with E-state index in [4.69, 9.17) is 4.74 Å². The molecule has 0 N–H and O–H groups in total. The van der Waals surface area contributed by atoms with E-state index in [1.54, 1.807) is 0 Å². The standard InChI is InChI=1S/C28H30F3N2O2S/c29-24-15-26(31)25(30)14-23(24)17-32(16-21-9-13-36-19-21)28(34)35-27-18-33(11-7-22(27)8-12-33)10-6-20-4-2-1-3-5-20/h1-5,9,13-15,19,22,27H,6-8,10-12,16-18H2/q+1/t22?,27-,33?/m0/s1.